The highest BCUT2D eigenvalue weighted by Gasteiger charge is 2.55. The molecule has 1 unspecified atom stereocenters. The van der Waals surface area contributed by atoms with Crippen LogP contribution in [0.25, 0.3) is 0 Å². The smallest absolute Gasteiger partial charge is 0.229 e. The van der Waals surface area contributed by atoms with Crippen LogP contribution in [0.4, 0.5) is 0 Å². The van der Waals surface area contributed by atoms with E-state index in [2.05, 4.69) is 17.5 Å². The molecular weight excluding hydrogens is 386 g/mol. The fraction of sp³-hybridized carbons (Fsp3) is 0.478. The van der Waals surface area contributed by atoms with Crippen molar-refractivity contribution in [3.05, 3.63) is 58.0 Å². The number of hydrogen-bond acceptors (Lipinski definition) is 4. The topological polar surface area (TPSA) is 53.9 Å². The third-order valence-corrected chi connectivity index (χ3v) is 7.04. The first-order valence-electron chi connectivity index (χ1n) is 10.3. The predicted octanol–water partition coefficient (Wildman–Crippen LogP) is 3.73. The molecule has 1 aromatic rings. The average molecular weight is 412 g/mol. The van der Waals surface area contributed by atoms with Crippen molar-refractivity contribution in [2.75, 3.05) is 27.2 Å². The number of nitrogens with zero attached hydrogens (tertiary/aromatic N) is 2. The lowest BCUT2D eigenvalue weighted by molar-refractivity contribution is -0.132. The molecule has 4 aliphatic rings. The molecule has 1 N–H and O–H groups in total. The van der Waals surface area contributed by atoms with E-state index < -0.39 is 0 Å². The van der Waals surface area contributed by atoms with Crippen molar-refractivity contribution in [2.45, 2.75) is 25.3 Å². The SMILES string of the molecule is COC1=C(CN=C2CCN[C@H]2c2cccc(Cl)c2)C=C2C(C1)[C@H]1C[C@H]1C(=O)N2C. The molecule has 2 aliphatic heterocycles. The second-order valence-corrected chi connectivity index (χ2v) is 8.87. The van der Waals surface area contributed by atoms with Crippen LogP contribution in [0, 0.1) is 17.8 Å². The maximum Gasteiger partial charge on any atom is 0.229 e. The molecule has 3 fully saturated rings. The third-order valence-electron chi connectivity index (χ3n) is 6.80. The van der Waals surface area contributed by atoms with Gasteiger partial charge in [0, 0.05) is 53.9 Å². The maximum absolute atomic E-state index is 12.5. The summed E-state index contributed by atoms with van der Waals surface area (Å²) in [7, 11) is 3.66. The molecule has 152 valence electrons. The number of carbonyl (C=O) groups is 1. The summed E-state index contributed by atoms with van der Waals surface area (Å²) in [6.07, 6.45) is 4.97. The van der Waals surface area contributed by atoms with Gasteiger partial charge in [-0.3, -0.25) is 9.79 Å². The molecule has 0 bridgehead atoms. The number of carbonyl (C=O) groups excluding carboxylic acids is 1. The zero-order chi connectivity index (χ0) is 20.1. The monoisotopic (exact) mass is 411 g/mol. The van der Waals surface area contributed by atoms with Crippen LogP contribution in [0.1, 0.15) is 30.9 Å². The van der Waals surface area contributed by atoms with Crippen molar-refractivity contribution in [3.63, 3.8) is 0 Å². The van der Waals surface area contributed by atoms with Crippen molar-refractivity contribution in [1.29, 1.82) is 0 Å². The second-order valence-electron chi connectivity index (χ2n) is 8.44. The van der Waals surface area contributed by atoms with Gasteiger partial charge in [-0.1, -0.05) is 23.7 Å². The van der Waals surface area contributed by atoms with Crippen molar-refractivity contribution in [2.24, 2.45) is 22.7 Å². The number of aliphatic imine (C=N–C) groups is 1. The Morgan fingerprint density at radius 3 is 3.00 bits per heavy atom. The summed E-state index contributed by atoms with van der Waals surface area (Å²) in [6, 6.07) is 8.07. The van der Waals surface area contributed by atoms with E-state index >= 15 is 0 Å². The van der Waals surface area contributed by atoms with E-state index in [9.17, 15) is 4.79 Å². The van der Waals surface area contributed by atoms with Gasteiger partial charge >= 0.3 is 0 Å². The van der Waals surface area contributed by atoms with Crippen LogP contribution < -0.4 is 5.32 Å². The van der Waals surface area contributed by atoms with E-state index in [0.717, 1.165) is 59.1 Å². The molecule has 0 aromatic heterocycles. The summed E-state index contributed by atoms with van der Waals surface area (Å²) in [5.74, 6) is 2.41. The molecular formula is C23H26ClN3O2. The number of nitrogens with one attached hydrogen (secondary N) is 1. The van der Waals surface area contributed by atoms with E-state index in [4.69, 9.17) is 21.3 Å². The Hall–Kier alpha value is -2.11. The molecule has 0 radical (unpaired) electrons. The number of amides is 1. The fourth-order valence-electron chi connectivity index (χ4n) is 5.15. The van der Waals surface area contributed by atoms with Gasteiger partial charge < -0.3 is 15.0 Å². The van der Waals surface area contributed by atoms with Crippen LogP contribution in [0.3, 0.4) is 0 Å². The number of halogens is 1. The lowest BCUT2D eigenvalue weighted by Gasteiger charge is -2.36. The summed E-state index contributed by atoms with van der Waals surface area (Å²) in [4.78, 5) is 19.3. The lowest BCUT2D eigenvalue weighted by Crippen LogP contribution is -2.38. The summed E-state index contributed by atoms with van der Waals surface area (Å²) in [5.41, 5.74) is 4.52. The third kappa shape index (κ3) is 3.30. The molecule has 6 heteroatoms. The Labute approximate surface area is 176 Å². The standard InChI is InChI=1S/C23H26ClN3O2/c1-27-20-9-14(21(29-2)11-17(20)16-10-18(16)23(27)28)12-26-19-6-7-25-22(19)13-4-3-5-15(24)8-13/h3-5,8-9,16-18,22,25H,6-7,10-12H2,1-2H3/t16-,17?,18-,22+/m1/s1. The van der Waals surface area contributed by atoms with Gasteiger partial charge in [0.05, 0.1) is 19.7 Å². The Morgan fingerprint density at radius 1 is 1.34 bits per heavy atom. The normalized spacial score (nSPS) is 32.2. The minimum Gasteiger partial charge on any atom is -0.501 e. The zero-order valence-corrected chi connectivity index (χ0v) is 17.6. The van der Waals surface area contributed by atoms with Gasteiger partial charge in [-0.25, -0.2) is 0 Å². The quantitative estimate of drug-likeness (QED) is 0.821. The summed E-state index contributed by atoms with van der Waals surface area (Å²) >= 11 is 6.18. The summed E-state index contributed by atoms with van der Waals surface area (Å²) < 4.78 is 5.75. The zero-order valence-electron chi connectivity index (χ0n) is 16.8. The molecule has 4 atom stereocenters. The van der Waals surface area contributed by atoms with E-state index in [1.165, 1.54) is 0 Å². The number of methoxy groups -OCH3 is 1. The summed E-state index contributed by atoms with van der Waals surface area (Å²) in [5, 5.41) is 4.27. The highest BCUT2D eigenvalue weighted by atomic mass is 35.5. The van der Waals surface area contributed by atoms with Crippen LogP contribution in [0.5, 0.6) is 0 Å². The van der Waals surface area contributed by atoms with E-state index in [1.807, 2.05) is 30.1 Å². The minimum absolute atomic E-state index is 0.107. The molecule has 1 saturated carbocycles. The first-order chi connectivity index (χ1) is 14.1. The molecule has 2 heterocycles. The number of allylic oxidation sites excluding steroid dienone is 2. The fourth-order valence-corrected chi connectivity index (χ4v) is 5.34. The van der Waals surface area contributed by atoms with Crippen molar-refractivity contribution in [3.8, 4) is 0 Å². The van der Waals surface area contributed by atoms with Crippen LogP contribution in [-0.2, 0) is 9.53 Å². The number of hydrogen-bond donors (Lipinski definition) is 1. The summed E-state index contributed by atoms with van der Waals surface area (Å²) in [6.45, 7) is 1.49. The Morgan fingerprint density at radius 2 is 2.21 bits per heavy atom. The van der Waals surface area contributed by atoms with Crippen LogP contribution in [0.15, 0.2) is 52.4 Å². The van der Waals surface area contributed by atoms with E-state index in [0.29, 0.717) is 18.4 Å². The number of fused-ring (bicyclic) bond motifs is 3. The van der Waals surface area contributed by atoms with Gasteiger partial charge in [-0.2, -0.15) is 0 Å². The highest BCUT2D eigenvalue weighted by molar-refractivity contribution is 6.30. The number of benzene rings is 1. The Bertz CT molecular complexity index is 951. The number of piperidine rings is 1. The predicted molar refractivity (Wildman–Crippen MR) is 114 cm³/mol. The van der Waals surface area contributed by atoms with Crippen LogP contribution in [0.2, 0.25) is 5.02 Å². The highest BCUT2D eigenvalue weighted by Crippen LogP contribution is 2.55. The minimum atomic E-state index is 0.107. The molecule has 1 amide bonds. The molecule has 1 aromatic carbocycles. The first-order valence-corrected chi connectivity index (χ1v) is 10.7. The van der Waals surface area contributed by atoms with Crippen LogP contribution in [-0.4, -0.2) is 43.8 Å². The van der Waals surface area contributed by atoms with Gasteiger partial charge in [0.1, 0.15) is 5.76 Å². The van der Waals surface area contributed by atoms with Gasteiger partial charge in [-0.05, 0) is 42.5 Å². The van der Waals surface area contributed by atoms with E-state index in [-0.39, 0.29) is 17.9 Å². The van der Waals surface area contributed by atoms with Gasteiger partial charge in [-0.15, -0.1) is 0 Å². The van der Waals surface area contributed by atoms with Gasteiger partial charge in [0.25, 0.3) is 0 Å². The molecule has 2 aliphatic carbocycles. The molecule has 29 heavy (non-hydrogen) atoms. The molecule has 0 spiro atoms. The maximum atomic E-state index is 12.5. The van der Waals surface area contributed by atoms with Gasteiger partial charge in [0.2, 0.25) is 5.91 Å². The Kier molecular flexibility index (Phi) is 4.75. The molecule has 5 rings (SSSR count). The second kappa shape index (κ2) is 7.29. The Balaban J connectivity index is 1.40. The largest absolute Gasteiger partial charge is 0.501 e. The van der Waals surface area contributed by atoms with Crippen molar-refractivity contribution in [1.82, 2.24) is 10.2 Å². The van der Waals surface area contributed by atoms with Gasteiger partial charge in [0.15, 0.2) is 0 Å². The van der Waals surface area contributed by atoms with Crippen molar-refractivity contribution < 1.29 is 9.53 Å². The average Bonchev–Trinajstić information content (AvgIpc) is 3.40. The first kappa shape index (κ1) is 18.9. The van der Waals surface area contributed by atoms with Crippen molar-refractivity contribution >= 4 is 23.2 Å². The number of likely N-dealkylation sites (tertiary alicyclic amines) is 1. The lowest BCUT2D eigenvalue weighted by atomic mass is 9.84. The number of rotatable bonds is 4. The van der Waals surface area contributed by atoms with Crippen LogP contribution >= 0.6 is 11.6 Å². The molecule has 2 saturated heterocycles. The molecule has 5 nitrogen and oxygen atoms in total. The number of ether oxygens (including phenoxy) is 1. The van der Waals surface area contributed by atoms with E-state index in [1.54, 1.807) is 7.11 Å².